The molecule has 0 N–H and O–H groups in total. The maximum absolute atomic E-state index is 12.1. The highest BCUT2D eigenvalue weighted by molar-refractivity contribution is 5.68. The number of likely N-dealkylation sites (tertiary alicyclic amines) is 1. The highest BCUT2D eigenvalue weighted by Crippen LogP contribution is 2.20. The normalized spacial score (nSPS) is 18.2. The quantitative estimate of drug-likeness (QED) is 0.774. The third kappa shape index (κ3) is 3.85. The van der Waals surface area contributed by atoms with Crippen molar-refractivity contribution < 1.29 is 9.53 Å². The summed E-state index contributed by atoms with van der Waals surface area (Å²) in [4.78, 5) is 13.9. The van der Waals surface area contributed by atoms with Crippen LogP contribution in [0.3, 0.4) is 0 Å². The van der Waals surface area contributed by atoms with Crippen molar-refractivity contribution >= 4 is 6.09 Å². The molecule has 1 amide bonds. The molecule has 1 aliphatic rings. The van der Waals surface area contributed by atoms with Crippen LogP contribution in [0.2, 0.25) is 0 Å². The molecule has 1 unspecified atom stereocenters. The predicted molar refractivity (Wildman–Crippen MR) is 75.8 cm³/mol. The van der Waals surface area contributed by atoms with Crippen LogP contribution < -0.4 is 0 Å². The Morgan fingerprint density at radius 1 is 1.37 bits per heavy atom. The molecule has 3 nitrogen and oxygen atoms in total. The molecular weight excluding hydrogens is 238 g/mol. The molecule has 19 heavy (non-hydrogen) atoms. The van der Waals surface area contributed by atoms with E-state index in [1.807, 2.05) is 35.2 Å². The lowest BCUT2D eigenvalue weighted by molar-refractivity contribution is 0.0974. The summed E-state index contributed by atoms with van der Waals surface area (Å²) in [6.45, 7) is 5.26. The van der Waals surface area contributed by atoms with Crippen LogP contribution >= 0.6 is 0 Å². The molecule has 1 aromatic carbocycles. The molecule has 1 atom stereocenters. The first-order valence-corrected chi connectivity index (χ1v) is 6.79. The van der Waals surface area contributed by atoms with Crippen LogP contribution in [0, 0.1) is 0 Å². The fourth-order valence-corrected chi connectivity index (χ4v) is 2.38. The Labute approximate surface area is 114 Å². The Bertz CT molecular complexity index is 449. The molecule has 1 heterocycles. The standard InChI is InChI=1S/C16H21NO2/c1-13(2)11-15-9-6-10-17(15)16(18)19-12-14-7-4-3-5-8-14/h3-5,7-8,11,15H,6,9-10,12H2,1-2H3. The summed E-state index contributed by atoms with van der Waals surface area (Å²) in [6.07, 6.45) is 4.03. The van der Waals surface area contributed by atoms with Crippen molar-refractivity contribution in [3.05, 3.63) is 47.5 Å². The second kappa shape index (κ2) is 6.41. The predicted octanol–water partition coefficient (Wildman–Crippen LogP) is 3.75. The van der Waals surface area contributed by atoms with Crippen molar-refractivity contribution in [2.24, 2.45) is 0 Å². The number of hydrogen-bond donors (Lipinski definition) is 0. The monoisotopic (exact) mass is 259 g/mol. The molecule has 1 aromatic rings. The van der Waals surface area contributed by atoms with Crippen molar-refractivity contribution in [3.63, 3.8) is 0 Å². The number of ether oxygens (including phenoxy) is 1. The van der Waals surface area contributed by atoms with Crippen LogP contribution in [-0.2, 0) is 11.3 Å². The Balaban J connectivity index is 1.91. The van der Waals surface area contributed by atoms with Gasteiger partial charge in [0.15, 0.2) is 0 Å². The fourth-order valence-electron chi connectivity index (χ4n) is 2.38. The minimum absolute atomic E-state index is 0.202. The summed E-state index contributed by atoms with van der Waals surface area (Å²) in [7, 11) is 0. The number of nitrogens with zero attached hydrogens (tertiary/aromatic N) is 1. The van der Waals surface area contributed by atoms with E-state index in [1.165, 1.54) is 5.57 Å². The Hall–Kier alpha value is -1.77. The average Bonchev–Trinajstić information content (AvgIpc) is 2.84. The number of allylic oxidation sites excluding steroid dienone is 1. The van der Waals surface area contributed by atoms with E-state index in [2.05, 4.69) is 19.9 Å². The van der Waals surface area contributed by atoms with Gasteiger partial charge in [-0.25, -0.2) is 4.79 Å². The minimum atomic E-state index is -0.205. The van der Waals surface area contributed by atoms with Crippen LogP contribution in [0.5, 0.6) is 0 Å². The number of rotatable bonds is 3. The first kappa shape index (κ1) is 13.7. The molecule has 3 heteroatoms. The number of carbonyl (C=O) groups is 1. The van der Waals surface area contributed by atoms with Gasteiger partial charge in [-0.15, -0.1) is 0 Å². The molecule has 0 bridgehead atoms. The fraction of sp³-hybridized carbons (Fsp3) is 0.438. The maximum atomic E-state index is 12.1. The molecule has 0 saturated carbocycles. The zero-order chi connectivity index (χ0) is 13.7. The lowest BCUT2D eigenvalue weighted by Gasteiger charge is -2.22. The van der Waals surface area contributed by atoms with Gasteiger partial charge in [-0.05, 0) is 32.3 Å². The van der Waals surface area contributed by atoms with Gasteiger partial charge in [0, 0.05) is 6.54 Å². The molecule has 0 aromatic heterocycles. The summed E-state index contributed by atoms with van der Waals surface area (Å²) in [5.74, 6) is 0. The second-order valence-corrected chi connectivity index (χ2v) is 5.19. The Morgan fingerprint density at radius 3 is 2.79 bits per heavy atom. The van der Waals surface area contributed by atoms with Gasteiger partial charge in [0.25, 0.3) is 0 Å². The van der Waals surface area contributed by atoms with E-state index >= 15 is 0 Å². The van der Waals surface area contributed by atoms with Gasteiger partial charge < -0.3 is 9.64 Å². The summed E-state index contributed by atoms with van der Waals surface area (Å²) < 4.78 is 5.38. The van der Waals surface area contributed by atoms with Crippen molar-refractivity contribution in [1.29, 1.82) is 0 Å². The van der Waals surface area contributed by atoms with Crippen molar-refractivity contribution in [1.82, 2.24) is 4.90 Å². The maximum Gasteiger partial charge on any atom is 0.410 e. The SMILES string of the molecule is CC(C)=CC1CCCN1C(=O)OCc1ccccc1. The number of amides is 1. The molecular formula is C16H21NO2. The van der Waals surface area contributed by atoms with E-state index in [0.717, 1.165) is 24.9 Å². The molecule has 1 fully saturated rings. The van der Waals surface area contributed by atoms with Gasteiger partial charge in [0.2, 0.25) is 0 Å². The van der Waals surface area contributed by atoms with Crippen LogP contribution in [0.25, 0.3) is 0 Å². The Kier molecular flexibility index (Phi) is 4.61. The molecule has 0 radical (unpaired) electrons. The summed E-state index contributed by atoms with van der Waals surface area (Å²) >= 11 is 0. The lowest BCUT2D eigenvalue weighted by atomic mass is 10.1. The molecule has 0 aliphatic carbocycles. The smallest absolute Gasteiger partial charge is 0.410 e. The van der Waals surface area contributed by atoms with Gasteiger partial charge in [-0.3, -0.25) is 0 Å². The van der Waals surface area contributed by atoms with E-state index < -0.39 is 0 Å². The van der Waals surface area contributed by atoms with Gasteiger partial charge in [0.05, 0.1) is 6.04 Å². The first-order valence-electron chi connectivity index (χ1n) is 6.79. The van der Waals surface area contributed by atoms with Gasteiger partial charge in [-0.1, -0.05) is 42.0 Å². The largest absolute Gasteiger partial charge is 0.445 e. The molecule has 1 aliphatic heterocycles. The minimum Gasteiger partial charge on any atom is -0.445 e. The van der Waals surface area contributed by atoms with Gasteiger partial charge in [-0.2, -0.15) is 0 Å². The highest BCUT2D eigenvalue weighted by atomic mass is 16.6. The van der Waals surface area contributed by atoms with Crippen molar-refractivity contribution in [2.75, 3.05) is 6.54 Å². The third-order valence-electron chi connectivity index (χ3n) is 3.26. The second-order valence-electron chi connectivity index (χ2n) is 5.19. The van der Waals surface area contributed by atoms with Gasteiger partial charge >= 0.3 is 6.09 Å². The molecule has 0 spiro atoms. The van der Waals surface area contributed by atoms with E-state index in [0.29, 0.717) is 6.61 Å². The molecule has 102 valence electrons. The van der Waals surface area contributed by atoms with Crippen LogP contribution in [0.4, 0.5) is 4.79 Å². The number of carbonyl (C=O) groups excluding carboxylic acids is 1. The molecule has 2 rings (SSSR count). The van der Waals surface area contributed by atoms with Crippen molar-refractivity contribution in [2.45, 2.75) is 39.3 Å². The van der Waals surface area contributed by atoms with E-state index in [9.17, 15) is 4.79 Å². The average molecular weight is 259 g/mol. The van der Waals surface area contributed by atoms with E-state index in [4.69, 9.17) is 4.74 Å². The summed E-state index contributed by atoms with van der Waals surface area (Å²) in [5.41, 5.74) is 2.27. The Morgan fingerprint density at radius 2 is 2.11 bits per heavy atom. The first-order chi connectivity index (χ1) is 9.16. The van der Waals surface area contributed by atoms with Crippen LogP contribution in [0.1, 0.15) is 32.3 Å². The third-order valence-corrected chi connectivity index (χ3v) is 3.26. The number of hydrogen-bond acceptors (Lipinski definition) is 2. The topological polar surface area (TPSA) is 29.5 Å². The summed E-state index contributed by atoms with van der Waals surface area (Å²) in [5, 5.41) is 0. The zero-order valence-electron chi connectivity index (χ0n) is 11.6. The lowest BCUT2D eigenvalue weighted by Crippen LogP contribution is -2.34. The van der Waals surface area contributed by atoms with Crippen LogP contribution in [-0.4, -0.2) is 23.6 Å². The molecule has 1 saturated heterocycles. The summed E-state index contributed by atoms with van der Waals surface area (Å²) in [6, 6.07) is 9.98. The van der Waals surface area contributed by atoms with Gasteiger partial charge in [0.1, 0.15) is 6.61 Å². The zero-order valence-corrected chi connectivity index (χ0v) is 11.6. The highest BCUT2D eigenvalue weighted by Gasteiger charge is 2.28. The van der Waals surface area contributed by atoms with Crippen molar-refractivity contribution in [3.8, 4) is 0 Å². The van der Waals surface area contributed by atoms with E-state index in [-0.39, 0.29) is 12.1 Å². The number of benzene rings is 1. The van der Waals surface area contributed by atoms with Crippen LogP contribution in [0.15, 0.2) is 42.0 Å². The van der Waals surface area contributed by atoms with E-state index in [1.54, 1.807) is 0 Å².